The van der Waals surface area contributed by atoms with Crippen molar-refractivity contribution in [1.82, 2.24) is 14.9 Å². The van der Waals surface area contributed by atoms with Crippen molar-refractivity contribution in [3.8, 4) is 23.0 Å². The average Bonchev–Trinajstić information content (AvgIpc) is 3.28. The van der Waals surface area contributed by atoms with Gasteiger partial charge in [0.25, 0.3) is 5.91 Å². The van der Waals surface area contributed by atoms with Gasteiger partial charge in [-0.05, 0) is 49.7 Å². The first kappa shape index (κ1) is 25.9. The molecule has 37 heavy (non-hydrogen) atoms. The second-order valence-corrected chi connectivity index (χ2v) is 8.60. The number of carbonyl (C=O) groups excluding carboxylic acids is 1. The molecular weight excluding hydrogens is 470 g/mol. The van der Waals surface area contributed by atoms with E-state index < -0.39 is 0 Å². The van der Waals surface area contributed by atoms with Gasteiger partial charge >= 0.3 is 0 Å². The van der Waals surface area contributed by atoms with Crippen LogP contribution in [-0.4, -0.2) is 49.9 Å². The fraction of sp³-hybridized carbons (Fsp3) is 0.310. The van der Waals surface area contributed by atoms with Crippen LogP contribution in [0.25, 0.3) is 11.0 Å². The first-order chi connectivity index (χ1) is 18.0. The number of fused-ring (bicyclic) bond motifs is 1. The highest BCUT2D eigenvalue weighted by Gasteiger charge is 2.17. The van der Waals surface area contributed by atoms with E-state index in [1.165, 1.54) is 26.9 Å². The molecule has 0 aliphatic heterocycles. The molecule has 4 rings (SSSR count). The number of amides is 1. The number of hydrogen-bond acceptors (Lipinski definition) is 6. The number of nitrogens with zero attached hydrogens (tertiary/aromatic N) is 2. The number of ether oxygens (including phenoxy) is 4. The van der Waals surface area contributed by atoms with Crippen molar-refractivity contribution in [2.75, 3.05) is 34.5 Å². The van der Waals surface area contributed by atoms with Crippen LogP contribution < -0.4 is 24.3 Å². The highest BCUT2D eigenvalue weighted by Crippen LogP contribution is 2.38. The van der Waals surface area contributed by atoms with Gasteiger partial charge in [0, 0.05) is 18.5 Å². The van der Waals surface area contributed by atoms with E-state index in [0.717, 1.165) is 35.4 Å². The summed E-state index contributed by atoms with van der Waals surface area (Å²) in [5.41, 5.74) is 3.67. The van der Waals surface area contributed by atoms with E-state index in [-0.39, 0.29) is 5.91 Å². The summed E-state index contributed by atoms with van der Waals surface area (Å²) in [6, 6.07) is 19.4. The maximum absolute atomic E-state index is 12.8. The van der Waals surface area contributed by atoms with Gasteiger partial charge in [-0.15, -0.1) is 0 Å². The molecule has 4 aromatic rings. The van der Waals surface area contributed by atoms with E-state index in [0.29, 0.717) is 42.5 Å². The molecule has 1 amide bonds. The minimum atomic E-state index is -0.209. The zero-order chi connectivity index (χ0) is 26.2. The van der Waals surface area contributed by atoms with Crippen LogP contribution in [0.5, 0.6) is 23.0 Å². The predicted molar refractivity (Wildman–Crippen MR) is 143 cm³/mol. The zero-order valence-corrected chi connectivity index (χ0v) is 21.7. The fourth-order valence-corrected chi connectivity index (χ4v) is 4.22. The van der Waals surface area contributed by atoms with Crippen LogP contribution in [0.15, 0.2) is 60.7 Å². The number of methoxy groups -OCH3 is 3. The summed E-state index contributed by atoms with van der Waals surface area (Å²) in [6.45, 7) is 3.77. The molecule has 8 nitrogen and oxygen atoms in total. The van der Waals surface area contributed by atoms with Gasteiger partial charge in [0.15, 0.2) is 11.5 Å². The molecule has 0 saturated heterocycles. The van der Waals surface area contributed by atoms with Gasteiger partial charge in [-0.2, -0.15) is 0 Å². The van der Waals surface area contributed by atoms with Crippen LogP contribution >= 0.6 is 0 Å². The SMILES string of the molecule is COc1cc(C(=O)NCCCc2nc3ccccc3n2CCOc2ccc(C)cc2)cc(OC)c1OC. The summed E-state index contributed by atoms with van der Waals surface area (Å²) in [6.07, 6.45) is 1.45. The van der Waals surface area contributed by atoms with Crippen LogP contribution in [0.2, 0.25) is 0 Å². The van der Waals surface area contributed by atoms with Crippen molar-refractivity contribution in [3.63, 3.8) is 0 Å². The van der Waals surface area contributed by atoms with Crippen LogP contribution in [0, 0.1) is 6.92 Å². The lowest BCUT2D eigenvalue weighted by Gasteiger charge is -2.14. The lowest BCUT2D eigenvalue weighted by Crippen LogP contribution is -2.25. The Hall–Kier alpha value is -4.20. The molecule has 1 N–H and O–H groups in total. The molecule has 0 atom stereocenters. The van der Waals surface area contributed by atoms with Crippen molar-refractivity contribution >= 4 is 16.9 Å². The zero-order valence-electron chi connectivity index (χ0n) is 21.7. The normalized spacial score (nSPS) is 10.8. The number of aryl methyl sites for hydroxylation is 2. The Kier molecular flexibility index (Phi) is 8.51. The van der Waals surface area contributed by atoms with Crippen LogP contribution in [0.4, 0.5) is 0 Å². The molecule has 0 spiro atoms. The smallest absolute Gasteiger partial charge is 0.251 e. The average molecular weight is 504 g/mol. The maximum atomic E-state index is 12.8. The summed E-state index contributed by atoms with van der Waals surface area (Å²) in [4.78, 5) is 17.6. The van der Waals surface area contributed by atoms with Crippen molar-refractivity contribution < 1.29 is 23.7 Å². The molecule has 0 bridgehead atoms. The monoisotopic (exact) mass is 503 g/mol. The van der Waals surface area contributed by atoms with Gasteiger partial charge in [-0.1, -0.05) is 29.8 Å². The van der Waals surface area contributed by atoms with E-state index in [4.69, 9.17) is 23.9 Å². The van der Waals surface area contributed by atoms with Crippen LogP contribution in [0.1, 0.15) is 28.2 Å². The highest BCUT2D eigenvalue weighted by atomic mass is 16.5. The van der Waals surface area contributed by atoms with Crippen molar-refractivity contribution in [2.24, 2.45) is 0 Å². The Balaban J connectivity index is 1.38. The van der Waals surface area contributed by atoms with Gasteiger partial charge in [0.1, 0.15) is 18.2 Å². The standard InChI is InChI=1S/C29H33N3O5/c1-20-11-13-22(14-12-20)37-17-16-32-24-9-6-5-8-23(24)31-27(32)10-7-15-30-29(33)21-18-25(34-2)28(36-4)26(19-21)35-3/h5-6,8-9,11-14,18-19H,7,10,15-17H2,1-4H3,(H,30,33). The molecule has 3 aromatic carbocycles. The largest absolute Gasteiger partial charge is 0.493 e. The molecule has 0 fully saturated rings. The van der Waals surface area contributed by atoms with Gasteiger partial charge in [0.2, 0.25) is 5.75 Å². The number of imidazole rings is 1. The van der Waals surface area contributed by atoms with E-state index in [2.05, 4.69) is 22.9 Å². The Morgan fingerprint density at radius 1 is 0.946 bits per heavy atom. The van der Waals surface area contributed by atoms with Crippen molar-refractivity contribution in [3.05, 3.63) is 77.6 Å². The summed E-state index contributed by atoms with van der Waals surface area (Å²) < 4.78 is 24.2. The van der Waals surface area contributed by atoms with Gasteiger partial charge in [-0.3, -0.25) is 4.79 Å². The fourth-order valence-electron chi connectivity index (χ4n) is 4.22. The van der Waals surface area contributed by atoms with E-state index in [1.54, 1.807) is 12.1 Å². The molecule has 0 aliphatic carbocycles. The minimum absolute atomic E-state index is 0.209. The third kappa shape index (κ3) is 6.14. The van der Waals surface area contributed by atoms with E-state index in [1.807, 2.05) is 42.5 Å². The van der Waals surface area contributed by atoms with E-state index >= 15 is 0 Å². The lowest BCUT2D eigenvalue weighted by atomic mass is 10.1. The summed E-state index contributed by atoms with van der Waals surface area (Å²) >= 11 is 0. The molecule has 8 heteroatoms. The molecule has 194 valence electrons. The number of para-hydroxylation sites is 2. The number of hydrogen-bond donors (Lipinski definition) is 1. The highest BCUT2D eigenvalue weighted by molar-refractivity contribution is 5.95. The van der Waals surface area contributed by atoms with Crippen molar-refractivity contribution in [1.29, 1.82) is 0 Å². The first-order valence-corrected chi connectivity index (χ1v) is 12.3. The number of aromatic nitrogens is 2. The lowest BCUT2D eigenvalue weighted by molar-refractivity contribution is 0.0952. The molecule has 0 unspecified atom stereocenters. The van der Waals surface area contributed by atoms with Crippen molar-refractivity contribution in [2.45, 2.75) is 26.3 Å². The van der Waals surface area contributed by atoms with E-state index in [9.17, 15) is 4.79 Å². The number of rotatable bonds is 12. The summed E-state index contributed by atoms with van der Waals surface area (Å²) in [5, 5.41) is 2.98. The second kappa shape index (κ2) is 12.2. The third-order valence-corrected chi connectivity index (χ3v) is 6.13. The predicted octanol–water partition coefficient (Wildman–Crippen LogP) is 4.81. The number of benzene rings is 3. The maximum Gasteiger partial charge on any atom is 0.251 e. The second-order valence-electron chi connectivity index (χ2n) is 8.60. The van der Waals surface area contributed by atoms with Crippen LogP contribution in [-0.2, 0) is 13.0 Å². The topological polar surface area (TPSA) is 83.8 Å². The molecule has 1 aromatic heterocycles. The Morgan fingerprint density at radius 3 is 2.32 bits per heavy atom. The summed E-state index contributed by atoms with van der Waals surface area (Å²) in [7, 11) is 4.58. The van der Waals surface area contributed by atoms with Crippen LogP contribution in [0.3, 0.4) is 0 Å². The molecule has 0 aliphatic rings. The Labute approximate surface area is 217 Å². The van der Waals surface area contributed by atoms with Gasteiger partial charge in [0.05, 0.1) is 38.9 Å². The Bertz CT molecular complexity index is 1320. The third-order valence-electron chi connectivity index (χ3n) is 6.13. The minimum Gasteiger partial charge on any atom is -0.493 e. The van der Waals surface area contributed by atoms with Gasteiger partial charge in [-0.25, -0.2) is 4.98 Å². The summed E-state index contributed by atoms with van der Waals surface area (Å²) in [5.74, 6) is 2.94. The molecule has 1 heterocycles. The molecular formula is C29H33N3O5. The van der Waals surface area contributed by atoms with Gasteiger partial charge < -0.3 is 28.8 Å². The molecule has 0 radical (unpaired) electrons. The Morgan fingerprint density at radius 2 is 1.65 bits per heavy atom. The number of nitrogens with one attached hydrogen (secondary N) is 1. The molecule has 0 saturated carbocycles. The number of carbonyl (C=O) groups is 1. The quantitative estimate of drug-likeness (QED) is 0.279. The first-order valence-electron chi connectivity index (χ1n) is 12.3.